The van der Waals surface area contributed by atoms with E-state index in [1.807, 2.05) is 33.8 Å². The van der Waals surface area contributed by atoms with E-state index in [1.54, 1.807) is 17.2 Å². The Morgan fingerprint density at radius 1 is 1.37 bits per heavy atom. The fourth-order valence-electron chi connectivity index (χ4n) is 1.79. The number of amides is 1. The zero-order valence-electron chi connectivity index (χ0n) is 11.8. The van der Waals surface area contributed by atoms with Crippen LogP contribution in [0.1, 0.15) is 43.2 Å². The van der Waals surface area contributed by atoms with Crippen molar-refractivity contribution in [3.05, 3.63) is 29.6 Å². The number of carbonyl (C=O) groups is 2. The minimum Gasteiger partial charge on any atom is -0.481 e. The summed E-state index contributed by atoms with van der Waals surface area (Å²) in [5, 5.41) is 8.78. The predicted octanol–water partition coefficient (Wildman–Crippen LogP) is 2.11. The number of carboxylic acids is 1. The molecule has 1 heterocycles. The van der Waals surface area contributed by atoms with Crippen molar-refractivity contribution in [1.82, 2.24) is 9.88 Å². The molecule has 19 heavy (non-hydrogen) atoms. The van der Waals surface area contributed by atoms with E-state index in [-0.39, 0.29) is 18.9 Å². The molecule has 0 radical (unpaired) electrons. The molecule has 104 valence electrons. The molecular formula is C14H20N2O3. The SMILES string of the molecule is Cc1cccnc1C(=O)N(CCC(=O)O)C(C)(C)C. The van der Waals surface area contributed by atoms with Gasteiger partial charge in [0.1, 0.15) is 5.69 Å². The smallest absolute Gasteiger partial charge is 0.305 e. The van der Waals surface area contributed by atoms with Gasteiger partial charge in [0.15, 0.2) is 0 Å². The minimum atomic E-state index is -0.917. The van der Waals surface area contributed by atoms with E-state index in [0.29, 0.717) is 5.69 Å². The fourth-order valence-corrected chi connectivity index (χ4v) is 1.79. The molecule has 0 spiro atoms. The third-order valence-corrected chi connectivity index (χ3v) is 2.82. The monoisotopic (exact) mass is 264 g/mol. The second-order valence-electron chi connectivity index (χ2n) is 5.44. The number of carboxylic acid groups (broad SMARTS) is 1. The van der Waals surface area contributed by atoms with Crippen molar-refractivity contribution in [2.45, 2.75) is 39.7 Å². The Bertz CT molecular complexity index is 478. The van der Waals surface area contributed by atoms with Crippen molar-refractivity contribution < 1.29 is 14.7 Å². The summed E-state index contributed by atoms with van der Waals surface area (Å²) >= 11 is 0. The molecule has 1 aromatic rings. The van der Waals surface area contributed by atoms with Crippen molar-refractivity contribution in [2.24, 2.45) is 0 Å². The highest BCUT2D eigenvalue weighted by Crippen LogP contribution is 2.18. The van der Waals surface area contributed by atoms with Crippen LogP contribution < -0.4 is 0 Å². The lowest BCUT2D eigenvalue weighted by molar-refractivity contribution is -0.137. The summed E-state index contributed by atoms with van der Waals surface area (Å²) in [5.74, 6) is -1.15. The topological polar surface area (TPSA) is 70.5 Å². The lowest BCUT2D eigenvalue weighted by Crippen LogP contribution is -2.47. The maximum Gasteiger partial charge on any atom is 0.305 e. The second-order valence-corrected chi connectivity index (χ2v) is 5.44. The van der Waals surface area contributed by atoms with Crippen LogP contribution in [0.15, 0.2) is 18.3 Å². The first-order chi connectivity index (χ1) is 8.73. The number of aromatic nitrogens is 1. The number of aryl methyl sites for hydroxylation is 1. The third-order valence-electron chi connectivity index (χ3n) is 2.82. The molecular weight excluding hydrogens is 244 g/mol. The summed E-state index contributed by atoms with van der Waals surface area (Å²) in [6.07, 6.45) is 1.49. The molecule has 0 saturated carbocycles. The lowest BCUT2D eigenvalue weighted by atomic mass is 10.0. The normalized spacial score (nSPS) is 11.2. The summed E-state index contributed by atoms with van der Waals surface area (Å²) in [6, 6.07) is 3.59. The zero-order valence-corrected chi connectivity index (χ0v) is 11.8. The van der Waals surface area contributed by atoms with Crippen LogP contribution in [0.2, 0.25) is 0 Å². The van der Waals surface area contributed by atoms with E-state index >= 15 is 0 Å². The Balaban J connectivity index is 3.02. The first-order valence-electron chi connectivity index (χ1n) is 6.19. The van der Waals surface area contributed by atoms with Gasteiger partial charge in [0, 0.05) is 18.3 Å². The van der Waals surface area contributed by atoms with Crippen LogP contribution in [0.5, 0.6) is 0 Å². The molecule has 0 fully saturated rings. The first-order valence-corrected chi connectivity index (χ1v) is 6.19. The number of hydrogen-bond donors (Lipinski definition) is 1. The van der Waals surface area contributed by atoms with E-state index in [4.69, 9.17) is 5.11 Å². The first kappa shape index (κ1) is 15.1. The summed E-state index contributed by atoms with van der Waals surface area (Å²) < 4.78 is 0. The zero-order chi connectivity index (χ0) is 14.6. The summed E-state index contributed by atoms with van der Waals surface area (Å²) in [7, 11) is 0. The van der Waals surface area contributed by atoms with Gasteiger partial charge < -0.3 is 10.0 Å². The van der Waals surface area contributed by atoms with Crippen LogP contribution in [-0.2, 0) is 4.79 Å². The van der Waals surface area contributed by atoms with Gasteiger partial charge in [-0.25, -0.2) is 0 Å². The Morgan fingerprint density at radius 2 is 2.00 bits per heavy atom. The number of carbonyl (C=O) groups excluding carboxylic acids is 1. The Hall–Kier alpha value is -1.91. The summed E-state index contributed by atoms with van der Waals surface area (Å²) in [6.45, 7) is 7.63. The number of hydrogen-bond acceptors (Lipinski definition) is 3. The van der Waals surface area contributed by atoms with Crippen LogP contribution >= 0.6 is 0 Å². The standard InChI is InChI=1S/C14H20N2O3/c1-10-6-5-8-15-12(10)13(19)16(14(2,3)4)9-7-11(17)18/h5-6,8H,7,9H2,1-4H3,(H,17,18). The highest BCUT2D eigenvalue weighted by atomic mass is 16.4. The average Bonchev–Trinajstić information content (AvgIpc) is 2.27. The molecule has 0 unspecified atom stereocenters. The lowest BCUT2D eigenvalue weighted by Gasteiger charge is -2.35. The van der Waals surface area contributed by atoms with Crippen LogP contribution in [0.3, 0.4) is 0 Å². The van der Waals surface area contributed by atoms with Gasteiger partial charge in [0.05, 0.1) is 6.42 Å². The van der Waals surface area contributed by atoms with E-state index in [9.17, 15) is 9.59 Å². The van der Waals surface area contributed by atoms with Crippen LogP contribution in [0, 0.1) is 6.92 Å². The van der Waals surface area contributed by atoms with Crippen LogP contribution in [0.4, 0.5) is 0 Å². The van der Waals surface area contributed by atoms with Gasteiger partial charge in [0.25, 0.3) is 5.91 Å². The van der Waals surface area contributed by atoms with Gasteiger partial charge in [-0.15, -0.1) is 0 Å². The molecule has 0 aliphatic rings. The quantitative estimate of drug-likeness (QED) is 0.904. The van der Waals surface area contributed by atoms with E-state index in [1.165, 1.54) is 0 Å². The molecule has 0 aliphatic heterocycles. The van der Waals surface area contributed by atoms with Gasteiger partial charge in [-0.2, -0.15) is 0 Å². The van der Waals surface area contributed by atoms with Crippen molar-refractivity contribution in [3.63, 3.8) is 0 Å². The maximum atomic E-state index is 12.5. The predicted molar refractivity (Wildman–Crippen MR) is 72.0 cm³/mol. The van der Waals surface area contributed by atoms with Gasteiger partial charge in [-0.3, -0.25) is 14.6 Å². The van der Waals surface area contributed by atoms with Gasteiger partial charge in [-0.05, 0) is 39.3 Å². The summed E-state index contributed by atoms with van der Waals surface area (Å²) in [5.41, 5.74) is 0.719. The van der Waals surface area contributed by atoms with Gasteiger partial charge in [-0.1, -0.05) is 6.07 Å². The highest BCUT2D eigenvalue weighted by Gasteiger charge is 2.29. The Morgan fingerprint density at radius 3 is 2.47 bits per heavy atom. The molecule has 5 nitrogen and oxygen atoms in total. The van der Waals surface area contributed by atoms with Gasteiger partial charge in [0.2, 0.25) is 0 Å². The van der Waals surface area contributed by atoms with E-state index < -0.39 is 11.5 Å². The summed E-state index contributed by atoms with van der Waals surface area (Å²) in [4.78, 5) is 28.9. The Kier molecular flexibility index (Phi) is 4.64. The number of pyridine rings is 1. The van der Waals surface area contributed by atoms with Crippen LogP contribution in [-0.4, -0.2) is 39.0 Å². The van der Waals surface area contributed by atoms with Crippen molar-refractivity contribution in [1.29, 1.82) is 0 Å². The molecule has 0 aromatic carbocycles. The number of rotatable bonds is 4. The van der Waals surface area contributed by atoms with Crippen molar-refractivity contribution >= 4 is 11.9 Å². The molecule has 1 rings (SSSR count). The van der Waals surface area contributed by atoms with Gasteiger partial charge >= 0.3 is 5.97 Å². The van der Waals surface area contributed by atoms with Crippen LogP contribution in [0.25, 0.3) is 0 Å². The molecule has 0 atom stereocenters. The molecule has 5 heteroatoms. The minimum absolute atomic E-state index is 0.0745. The number of aliphatic carboxylic acids is 1. The maximum absolute atomic E-state index is 12.5. The fraction of sp³-hybridized carbons (Fsp3) is 0.500. The van der Waals surface area contributed by atoms with Crippen molar-refractivity contribution in [2.75, 3.05) is 6.54 Å². The highest BCUT2D eigenvalue weighted by molar-refractivity contribution is 5.94. The molecule has 0 bridgehead atoms. The average molecular weight is 264 g/mol. The third kappa shape index (κ3) is 4.05. The van der Waals surface area contributed by atoms with Crippen molar-refractivity contribution in [3.8, 4) is 0 Å². The van der Waals surface area contributed by atoms with E-state index in [0.717, 1.165) is 5.56 Å². The molecule has 0 saturated heterocycles. The molecule has 1 amide bonds. The molecule has 1 aromatic heterocycles. The largest absolute Gasteiger partial charge is 0.481 e. The second kappa shape index (κ2) is 5.82. The number of nitrogens with zero attached hydrogens (tertiary/aromatic N) is 2. The molecule has 1 N–H and O–H groups in total. The Labute approximate surface area is 113 Å². The molecule has 0 aliphatic carbocycles. The van der Waals surface area contributed by atoms with E-state index in [2.05, 4.69) is 4.98 Å².